The van der Waals surface area contributed by atoms with Crippen molar-refractivity contribution in [2.24, 2.45) is 0 Å². The second kappa shape index (κ2) is 62.4. The zero-order valence-corrected chi connectivity index (χ0v) is 49.1. The lowest BCUT2D eigenvalue weighted by molar-refractivity contribution is -0.167. The zero-order valence-electron chi connectivity index (χ0n) is 49.1. The van der Waals surface area contributed by atoms with Gasteiger partial charge < -0.3 is 14.2 Å². The molecule has 0 aliphatic heterocycles. The van der Waals surface area contributed by atoms with Crippen LogP contribution in [0.3, 0.4) is 0 Å². The Hall–Kier alpha value is -3.15. The lowest BCUT2D eigenvalue weighted by Gasteiger charge is -2.18. The molecule has 6 heteroatoms. The molecule has 0 amide bonds. The molecule has 74 heavy (non-hydrogen) atoms. The van der Waals surface area contributed by atoms with Gasteiger partial charge in [-0.05, 0) is 83.5 Å². The third-order valence-corrected chi connectivity index (χ3v) is 13.9. The van der Waals surface area contributed by atoms with E-state index in [1.165, 1.54) is 193 Å². The molecule has 0 aliphatic carbocycles. The van der Waals surface area contributed by atoms with E-state index in [0.29, 0.717) is 19.3 Å². The van der Waals surface area contributed by atoms with Crippen molar-refractivity contribution in [2.75, 3.05) is 13.2 Å². The summed E-state index contributed by atoms with van der Waals surface area (Å²) < 4.78 is 16.9. The molecule has 0 aromatic rings. The SMILES string of the molecule is CC/C=C\C/C=C\C/C=C\C/C=C\C/C=C\CCCC(=O)OC(COC(=O)CCCCCCC/C=C\CCCCCCCCC)COC(=O)CCCCCCCCCCCCCCCCCCCCCCCCC. The molecule has 0 spiro atoms. The molecule has 0 bridgehead atoms. The molecule has 0 aromatic heterocycles. The lowest BCUT2D eigenvalue weighted by atomic mass is 10.0. The maximum absolute atomic E-state index is 12.9. The summed E-state index contributed by atoms with van der Waals surface area (Å²) in [5.41, 5.74) is 0. The van der Waals surface area contributed by atoms with Crippen molar-refractivity contribution in [1.82, 2.24) is 0 Å². The average Bonchev–Trinajstić information content (AvgIpc) is 3.40. The normalized spacial score (nSPS) is 12.5. The second-order valence-corrected chi connectivity index (χ2v) is 21.3. The Morgan fingerprint density at radius 1 is 0.284 bits per heavy atom. The number of rotatable bonds is 58. The fourth-order valence-electron chi connectivity index (χ4n) is 9.18. The highest BCUT2D eigenvalue weighted by Crippen LogP contribution is 2.17. The molecule has 0 rings (SSSR count). The van der Waals surface area contributed by atoms with Crippen LogP contribution in [-0.4, -0.2) is 37.2 Å². The van der Waals surface area contributed by atoms with Crippen molar-refractivity contribution in [3.05, 3.63) is 72.9 Å². The highest BCUT2D eigenvalue weighted by molar-refractivity contribution is 5.71. The minimum atomic E-state index is -0.808. The van der Waals surface area contributed by atoms with E-state index in [4.69, 9.17) is 14.2 Å². The Labute approximate surface area is 459 Å². The summed E-state index contributed by atoms with van der Waals surface area (Å²) in [6, 6.07) is 0. The molecule has 0 radical (unpaired) electrons. The predicted octanol–water partition coefficient (Wildman–Crippen LogP) is 21.7. The van der Waals surface area contributed by atoms with Crippen molar-refractivity contribution in [3.63, 3.8) is 0 Å². The molecule has 0 saturated heterocycles. The standard InChI is InChI=1S/C68H120O6/c1-4-7-10-13-16-19-22-25-28-31-32-33-34-35-36-38-40-43-46-49-52-55-58-61-67(70)73-64-65(63-72-66(69)60-57-54-51-48-45-42-39-30-27-24-21-18-15-12-9-6-3)74-68(71)62-59-56-53-50-47-44-41-37-29-26-23-20-17-14-11-8-5-2/h8,11,17,20,26,29-30,39,41,44,50,53,65H,4-7,9-10,12-16,18-19,21-25,27-28,31-38,40,42-43,45-49,51-52,54-64H2,1-3H3/b11-8-,20-17-,29-26-,39-30-,44-41-,53-50-. The van der Waals surface area contributed by atoms with Gasteiger partial charge >= 0.3 is 17.9 Å². The Kier molecular flexibility index (Phi) is 59.7. The molecule has 1 unspecified atom stereocenters. The van der Waals surface area contributed by atoms with Gasteiger partial charge in [0.15, 0.2) is 6.10 Å². The van der Waals surface area contributed by atoms with Crippen LogP contribution in [0, 0.1) is 0 Å². The Morgan fingerprint density at radius 3 is 0.878 bits per heavy atom. The first kappa shape index (κ1) is 70.8. The number of carbonyl (C=O) groups is 3. The Balaban J connectivity index is 4.38. The minimum absolute atomic E-state index is 0.0977. The number of unbranched alkanes of at least 4 members (excludes halogenated alkanes) is 35. The van der Waals surface area contributed by atoms with Crippen LogP contribution >= 0.6 is 0 Å². The lowest BCUT2D eigenvalue weighted by Crippen LogP contribution is -2.30. The highest BCUT2D eigenvalue weighted by Gasteiger charge is 2.19. The van der Waals surface area contributed by atoms with Gasteiger partial charge in [0, 0.05) is 19.3 Å². The molecule has 428 valence electrons. The van der Waals surface area contributed by atoms with Crippen LogP contribution in [-0.2, 0) is 28.6 Å². The number of esters is 3. The summed E-state index contributed by atoms with van der Waals surface area (Å²) in [4.78, 5) is 38.3. The molecule has 6 nitrogen and oxygen atoms in total. The molecule has 1 atom stereocenters. The number of hydrogen-bond acceptors (Lipinski definition) is 6. The number of allylic oxidation sites excluding steroid dienone is 12. The maximum Gasteiger partial charge on any atom is 0.306 e. The fourth-order valence-corrected chi connectivity index (χ4v) is 9.18. The monoisotopic (exact) mass is 1030 g/mol. The fraction of sp³-hybridized carbons (Fsp3) is 0.779. The van der Waals surface area contributed by atoms with E-state index in [1.54, 1.807) is 0 Å². The molecule has 0 N–H and O–H groups in total. The van der Waals surface area contributed by atoms with Gasteiger partial charge in [0.25, 0.3) is 0 Å². The average molecular weight is 1030 g/mol. The van der Waals surface area contributed by atoms with Crippen LogP contribution in [0.25, 0.3) is 0 Å². The van der Waals surface area contributed by atoms with E-state index in [0.717, 1.165) is 83.5 Å². The third-order valence-electron chi connectivity index (χ3n) is 13.9. The van der Waals surface area contributed by atoms with Crippen molar-refractivity contribution >= 4 is 17.9 Å². The van der Waals surface area contributed by atoms with E-state index >= 15 is 0 Å². The number of carbonyl (C=O) groups excluding carboxylic acids is 3. The third kappa shape index (κ3) is 59.7. The van der Waals surface area contributed by atoms with E-state index in [-0.39, 0.29) is 37.5 Å². The first-order valence-electron chi connectivity index (χ1n) is 31.9. The van der Waals surface area contributed by atoms with Crippen LogP contribution < -0.4 is 0 Å². The zero-order chi connectivity index (χ0) is 53.6. The van der Waals surface area contributed by atoms with Crippen molar-refractivity contribution in [1.29, 1.82) is 0 Å². The van der Waals surface area contributed by atoms with Crippen LogP contribution in [0.15, 0.2) is 72.9 Å². The van der Waals surface area contributed by atoms with Crippen molar-refractivity contribution in [3.8, 4) is 0 Å². The van der Waals surface area contributed by atoms with Crippen LogP contribution in [0.2, 0.25) is 0 Å². The summed E-state index contributed by atoms with van der Waals surface area (Å²) in [7, 11) is 0. The second-order valence-electron chi connectivity index (χ2n) is 21.3. The van der Waals surface area contributed by atoms with Gasteiger partial charge in [-0.3, -0.25) is 14.4 Å². The Morgan fingerprint density at radius 2 is 0.541 bits per heavy atom. The minimum Gasteiger partial charge on any atom is -0.462 e. The van der Waals surface area contributed by atoms with Gasteiger partial charge in [0.05, 0.1) is 0 Å². The highest BCUT2D eigenvalue weighted by atomic mass is 16.6. The van der Waals surface area contributed by atoms with Crippen LogP contribution in [0.1, 0.15) is 323 Å². The summed E-state index contributed by atoms with van der Waals surface area (Å²) >= 11 is 0. The molecule has 0 fully saturated rings. The predicted molar refractivity (Wildman–Crippen MR) is 321 cm³/mol. The summed E-state index contributed by atoms with van der Waals surface area (Å²) in [6.07, 6.45) is 80.6. The molecule has 0 aliphatic rings. The molecule has 0 aromatic carbocycles. The quantitative estimate of drug-likeness (QED) is 0.0261. The molecular weight excluding hydrogens is 913 g/mol. The summed E-state index contributed by atoms with van der Waals surface area (Å²) in [5, 5.41) is 0. The first-order valence-corrected chi connectivity index (χ1v) is 31.9. The van der Waals surface area contributed by atoms with Gasteiger partial charge in [-0.2, -0.15) is 0 Å². The van der Waals surface area contributed by atoms with E-state index < -0.39 is 6.10 Å². The summed E-state index contributed by atoms with van der Waals surface area (Å²) in [6.45, 7) is 6.51. The van der Waals surface area contributed by atoms with E-state index in [1.807, 2.05) is 0 Å². The van der Waals surface area contributed by atoms with Gasteiger partial charge in [0.1, 0.15) is 13.2 Å². The van der Waals surface area contributed by atoms with E-state index in [2.05, 4.69) is 93.7 Å². The van der Waals surface area contributed by atoms with Crippen molar-refractivity contribution < 1.29 is 28.6 Å². The van der Waals surface area contributed by atoms with E-state index in [9.17, 15) is 14.4 Å². The topological polar surface area (TPSA) is 78.9 Å². The van der Waals surface area contributed by atoms with Crippen LogP contribution in [0.4, 0.5) is 0 Å². The molecular formula is C68H120O6. The number of ether oxygens (including phenoxy) is 3. The smallest absolute Gasteiger partial charge is 0.306 e. The maximum atomic E-state index is 12.9. The van der Waals surface area contributed by atoms with Crippen molar-refractivity contribution in [2.45, 2.75) is 329 Å². The first-order chi connectivity index (χ1) is 36.5. The molecule has 0 heterocycles. The van der Waals surface area contributed by atoms with Gasteiger partial charge in [-0.25, -0.2) is 0 Å². The largest absolute Gasteiger partial charge is 0.462 e. The van der Waals surface area contributed by atoms with Gasteiger partial charge in [-0.15, -0.1) is 0 Å². The van der Waals surface area contributed by atoms with Crippen LogP contribution in [0.5, 0.6) is 0 Å². The number of hydrogen-bond donors (Lipinski definition) is 0. The van der Waals surface area contributed by atoms with Gasteiger partial charge in [0.2, 0.25) is 0 Å². The summed E-state index contributed by atoms with van der Waals surface area (Å²) in [5.74, 6) is -0.950. The van der Waals surface area contributed by atoms with Gasteiger partial charge in [-0.1, -0.05) is 293 Å². The Bertz CT molecular complexity index is 1370. The molecule has 0 saturated carbocycles.